The highest BCUT2D eigenvalue weighted by molar-refractivity contribution is 6.15. The van der Waals surface area contributed by atoms with Crippen LogP contribution in [0.4, 0.5) is 0 Å². The van der Waals surface area contributed by atoms with E-state index in [2.05, 4.69) is 22.3 Å². The lowest BCUT2D eigenvalue weighted by Crippen LogP contribution is -2.31. The molecule has 0 saturated carbocycles. The molecule has 1 saturated heterocycles. The molecule has 3 rings (SSSR count). The lowest BCUT2D eigenvalue weighted by atomic mass is 9.86. The van der Waals surface area contributed by atoms with Gasteiger partial charge in [0, 0.05) is 25.2 Å². The SMILES string of the molecule is CC#Cc1cc(C)c(C2C(=O)NC(Cc3ccn(C)n3)C2=O)c(C)c1. The summed E-state index contributed by atoms with van der Waals surface area (Å²) in [5, 5.41) is 7.13. The van der Waals surface area contributed by atoms with Crippen molar-refractivity contribution in [3.63, 3.8) is 0 Å². The van der Waals surface area contributed by atoms with Crippen LogP contribution >= 0.6 is 0 Å². The number of benzene rings is 1. The van der Waals surface area contributed by atoms with E-state index in [-0.39, 0.29) is 11.7 Å². The molecule has 0 spiro atoms. The summed E-state index contributed by atoms with van der Waals surface area (Å²) in [4.78, 5) is 25.4. The second kappa shape index (κ2) is 6.56. The van der Waals surface area contributed by atoms with Crippen molar-refractivity contribution in [3.8, 4) is 11.8 Å². The van der Waals surface area contributed by atoms with Crippen molar-refractivity contribution in [1.29, 1.82) is 0 Å². The van der Waals surface area contributed by atoms with Crippen LogP contribution in [-0.4, -0.2) is 27.5 Å². The molecule has 1 aromatic heterocycles. The van der Waals surface area contributed by atoms with E-state index in [4.69, 9.17) is 0 Å². The molecule has 0 bridgehead atoms. The first kappa shape index (κ1) is 17.0. The van der Waals surface area contributed by atoms with Crippen molar-refractivity contribution >= 4 is 11.7 Å². The van der Waals surface area contributed by atoms with Crippen molar-refractivity contribution in [2.75, 3.05) is 0 Å². The number of amides is 1. The van der Waals surface area contributed by atoms with Gasteiger partial charge in [-0.05, 0) is 55.7 Å². The number of carbonyl (C=O) groups is 2. The van der Waals surface area contributed by atoms with Gasteiger partial charge in [0.2, 0.25) is 5.91 Å². The largest absolute Gasteiger partial charge is 0.345 e. The maximum atomic E-state index is 12.9. The number of carbonyl (C=O) groups excluding carboxylic acids is 2. The number of nitrogens with zero attached hydrogens (tertiary/aromatic N) is 2. The smallest absolute Gasteiger partial charge is 0.235 e. The summed E-state index contributed by atoms with van der Waals surface area (Å²) in [6.45, 7) is 5.64. The highest BCUT2D eigenvalue weighted by Gasteiger charge is 2.43. The van der Waals surface area contributed by atoms with Gasteiger partial charge in [-0.25, -0.2) is 0 Å². The van der Waals surface area contributed by atoms with E-state index in [0.717, 1.165) is 27.9 Å². The Kier molecular flexibility index (Phi) is 4.45. The van der Waals surface area contributed by atoms with E-state index in [1.54, 1.807) is 11.6 Å². The molecule has 1 aliphatic heterocycles. The summed E-state index contributed by atoms with van der Waals surface area (Å²) >= 11 is 0. The van der Waals surface area contributed by atoms with E-state index < -0.39 is 12.0 Å². The van der Waals surface area contributed by atoms with Gasteiger partial charge in [-0.1, -0.05) is 5.92 Å². The van der Waals surface area contributed by atoms with Crippen molar-refractivity contribution in [3.05, 3.63) is 52.3 Å². The van der Waals surface area contributed by atoms with Gasteiger partial charge < -0.3 is 5.32 Å². The Labute approximate surface area is 147 Å². The highest BCUT2D eigenvalue weighted by atomic mass is 16.2. The van der Waals surface area contributed by atoms with Crippen molar-refractivity contribution < 1.29 is 9.59 Å². The van der Waals surface area contributed by atoms with Gasteiger partial charge in [0.25, 0.3) is 0 Å². The molecule has 0 radical (unpaired) electrons. The first-order valence-electron chi connectivity index (χ1n) is 8.27. The fourth-order valence-corrected chi connectivity index (χ4v) is 3.51. The molecule has 5 nitrogen and oxygen atoms in total. The molecule has 128 valence electrons. The van der Waals surface area contributed by atoms with Gasteiger partial charge in [0.15, 0.2) is 5.78 Å². The summed E-state index contributed by atoms with van der Waals surface area (Å²) in [6, 6.07) is 5.21. The van der Waals surface area contributed by atoms with E-state index in [9.17, 15) is 9.59 Å². The zero-order chi connectivity index (χ0) is 18.1. The van der Waals surface area contributed by atoms with Crippen molar-refractivity contribution in [2.24, 2.45) is 7.05 Å². The third kappa shape index (κ3) is 3.20. The molecule has 1 aliphatic rings. The fourth-order valence-electron chi connectivity index (χ4n) is 3.51. The summed E-state index contributed by atoms with van der Waals surface area (Å²) in [7, 11) is 1.83. The number of aromatic nitrogens is 2. The zero-order valence-corrected chi connectivity index (χ0v) is 14.9. The zero-order valence-electron chi connectivity index (χ0n) is 14.9. The van der Waals surface area contributed by atoms with E-state index in [1.807, 2.05) is 45.3 Å². The van der Waals surface area contributed by atoms with E-state index in [0.29, 0.717) is 6.42 Å². The van der Waals surface area contributed by atoms with Crippen LogP contribution in [0, 0.1) is 25.7 Å². The van der Waals surface area contributed by atoms with Crippen molar-refractivity contribution in [1.82, 2.24) is 15.1 Å². The number of Topliss-reactive ketones (excluding diaryl/α,β-unsaturated/α-hetero) is 1. The summed E-state index contributed by atoms with van der Waals surface area (Å²) < 4.78 is 1.69. The van der Waals surface area contributed by atoms with E-state index in [1.165, 1.54) is 0 Å². The average molecular weight is 335 g/mol. The quantitative estimate of drug-likeness (QED) is 0.687. The number of hydrogen-bond donors (Lipinski definition) is 1. The molecule has 1 fully saturated rings. The number of nitrogens with one attached hydrogen (secondary N) is 1. The first-order chi connectivity index (χ1) is 11.9. The Morgan fingerprint density at radius 3 is 2.48 bits per heavy atom. The predicted octanol–water partition coefficient (Wildman–Crippen LogP) is 1.80. The van der Waals surface area contributed by atoms with E-state index >= 15 is 0 Å². The molecule has 2 heterocycles. The maximum Gasteiger partial charge on any atom is 0.235 e. The van der Waals surface area contributed by atoms with Gasteiger partial charge in [0.1, 0.15) is 5.92 Å². The highest BCUT2D eigenvalue weighted by Crippen LogP contribution is 2.31. The topological polar surface area (TPSA) is 64.0 Å². The Bertz CT molecular complexity index is 892. The van der Waals surface area contributed by atoms with Gasteiger partial charge in [-0.2, -0.15) is 5.10 Å². The lowest BCUT2D eigenvalue weighted by Gasteiger charge is -2.14. The van der Waals surface area contributed by atoms with Gasteiger partial charge in [-0.3, -0.25) is 14.3 Å². The Hall–Kier alpha value is -2.87. The van der Waals surface area contributed by atoms with Crippen LogP contribution in [-0.2, 0) is 23.1 Å². The molecule has 1 aromatic carbocycles. The summed E-state index contributed by atoms with van der Waals surface area (Å²) in [5.41, 5.74) is 4.34. The predicted molar refractivity (Wildman–Crippen MR) is 95.1 cm³/mol. The van der Waals surface area contributed by atoms with Gasteiger partial charge >= 0.3 is 0 Å². The molecular weight excluding hydrogens is 314 g/mol. The fraction of sp³-hybridized carbons (Fsp3) is 0.350. The van der Waals surface area contributed by atoms with Crippen LogP contribution in [0.1, 0.15) is 40.8 Å². The molecule has 2 unspecified atom stereocenters. The average Bonchev–Trinajstić information content (AvgIpc) is 3.05. The van der Waals surface area contributed by atoms with Crippen LogP contribution < -0.4 is 5.32 Å². The minimum atomic E-state index is -0.752. The number of hydrogen-bond acceptors (Lipinski definition) is 3. The number of rotatable bonds is 3. The minimum Gasteiger partial charge on any atom is -0.345 e. The maximum absolute atomic E-state index is 12.9. The molecule has 2 atom stereocenters. The normalized spacial score (nSPS) is 19.5. The van der Waals surface area contributed by atoms with Crippen LogP contribution in [0.15, 0.2) is 24.4 Å². The van der Waals surface area contributed by atoms with Crippen LogP contribution in [0.25, 0.3) is 0 Å². The molecule has 0 aliphatic carbocycles. The molecule has 25 heavy (non-hydrogen) atoms. The van der Waals surface area contributed by atoms with Crippen LogP contribution in [0.2, 0.25) is 0 Å². The number of aryl methyl sites for hydroxylation is 3. The lowest BCUT2D eigenvalue weighted by molar-refractivity contribution is -0.124. The Balaban J connectivity index is 1.91. The Morgan fingerprint density at radius 1 is 1.24 bits per heavy atom. The van der Waals surface area contributed by atoms with Crippen molar-refractivity contribution in [2.45, 2.75) is 39.2 Å². The first-order valence-corrected chi connectivity index (χ1v) is 8.27. The molecule has 1 amide bonds. The summed E-state index contributed by atoms with van der Waals surface area (Å²) in [6.07, 6.45) is 2.25. The standard InChI is InChI=1S/C20H21N3O2/c1-5-6-14-9-12(2)17(13(3)10-14)18-19(24)16(21-20(18)25)11-15-7-8-23(4)22-15/h7-10,16,18H,11H2,1-4H3,(H,21,25). The molecule has 5 heteroatoms. The van der Waals surface area contributed by atoms with Gasteiger partial charge in [-0.15, -0.1) is 5.92 Å². The third-order valence-electron chi connectivity index (χ3n) is 4.54. The third-order valence-corrected chi connectivity index (χ3v) is 4.54. The van der Waals surface area contributed by atoms with Crippen LogP contribution in [0.5, 0.6) is 0 Å². The molecule has 1 N–H and O–H groups in total. The van der Waals surface area contributed by atoms with Gasteiger partial charge in [0.05, 0.1) is 11.7 Å². The monoisotopic (exact) mass is 335 g/mol. The second-order valence-electron chi connectivity index (χ2n) is 6.48. The second-order valence-corrected chi connectivity index (χ2v) is 6.48. The molecular formula is C20H21N3O2. The van der Waals surface area contributed by atoms with Crippen LogP contribution in [0.3, 0.4) is 0 Å². The minimum absolute atomic E-state index is 0.0869. The summed E-state index contributed by atoms with van der Waals surface area (Å²) in [5.74, 6) is 4.83. The molecule has 2 aromatic rings. The Morgan fingerprint density at radius 2 is 1.92 bits per heavy atom. The number of ketones is 1.